The highest BCUT2D eigenvalue weighted by Crippen LogP contribution is 2.22. The van der Waals surface area contributed by atoms with Gasteiger partial charge in [-0.25, -0.2) is 4.79 Å². The largest absolute Gasteiger partial charge is 0.451 e. The Hall–Kier alpha value is -3.07. The number of ether oxygens (including phenoxy) is 1. The Balaban J connectivity index is 1.60. The molecular formula is C19H21N5O3S. The predicted octanol–water partition coefficient (Wildman–Crippen LogP) is 2.78. The second-order valence-electron chi connectivity index (χ2n) is 6.63. The second-order valence-corrected chi connectivity index (χ2v) is 7.54. The molecule has 0 bridgehead atoms. The highest BCUT2D eigenvalue weighted by Gasteiger charge is 2.20. The van der Waals surface area contributed by atoms with E-state index in [0.29, 0.717) is 16.5 Å². The van der Waals surface area contributed by atoms with Gasteiger partial charge in [0.05, 0.1) is 11.7 Å². The molecule has 2 heterocycles. The molecule has 146 valence electrons. The molecule has 0 aliphatic heterocycles. The van der Waals surface area contributed by atoms with Gasteiger partial charge in [-0.3, -0.25) is 4.79 Å². The molecule has 1 amide bonds. The molecule has 0 unspecified atom stereocenters. The van der Waals surface area contributed by atoms with Crippen LogP contribution in [-0.4, -0.2) is 38.7 Å². The molecule has 28 heavy (non-hydrogen) atoms. The van der Waals surface area contributed by atoms with Crippen LogP contribution in [0.5, 0.6) is 0 Å². The van der Waals surface area contributed by atoms with Crippen molar-refractivity contribution >= 4 is 23.2 Å². The summed E-state index contributed by atoms with van der Waals surface area (Å²) in [5.41, 5.74) is 1.54. The van der Waals surface area contributed by atoms with E-state index in [0.717, 1.165) is 12.0 Å². The molecule has 2 aromatic heterocycles. The third-order valence-corrected chi connectivity index (χ3v) is 4.89. The van der Waals surface area contributed by atoms with E-state index in [1.165, 1.54) is 22.3 Å². The van der Waals surface area contributed by atoms with E-state index in [4.69, 9.17) is 4.74 Å². The number of hydrogen-bond donors (Lipinski definition) is 1. The smallest absolute Gasteiger partial charge is 0.351 e. The van der Waals surface area contributed by atoms with Crippen LogP contribution in [0, 0.1) is 5.92 Å². The first kappa shape index (κ1) is 19.7. The van der Waals surface area contributed by atoms with Gasteiger partial charge in [0, 0.05) is 0 Å². The zero-order valence-corrected chi connectivity index (χ0v) is 16.4. The molecule has 1 N–H and O–H groups in total. The summed E-state index contributed by atoms with van der Waals surface area (Å²) in [6.45, 7) is 3.84. The quantitative estimate of drug-likeness (QED) is 0.585. The highest BCUT2D eigenvalue weighted by molar-refractivity contribution is 7.12. The minimum atomic E-state index is -0.587. The van der Waals surface area contributed by atoms with Crippen LogP contribution < -0.4 is 5.32 Å². The Bertz CT molecular complexity index is 909. The van der Waals surface area contributed by atoms with Crippen molar-refractivity contribution in [3.05, 3.63) is 58.5 Å². The lowest BCUT2D eigenvalue weighted by atomic mass is 9.97. The van der Waals surface area contributed by atoms with Crippen molar-refractivity contribution in [2.24, 2.45) is 5.92 Å². The Kier molecular flexibility index (Phi) is 6.49. The van der Waals surface area contributed by atoms with Crippen LogP contribution in [0.2, 0.25) is 0 Å². The number of amides is 1. The number of hydrogen-bond acceptors (Lipinski definition) is 7. The first-order chi connectivity index (χ1) is 13.5. The van der Waals surface area contributed by atoms with Crippen molar-refractivity contribution in [3.63, 3.8) is 0 Å². The van der Waals surface area contributed by atoms with Gasteiger partial charge in [-0.15, -0.1) is 16.4 Å². The van der Waals surface area contributed by atoms with Crippen LogP contribution >= 0.6 is 11.3 Å². The second kappa shape index (κ2) is 9.23. The van der Waals surface area contributed by atoms with Crippen LogP contribution in [0.15, 0.2) is 48.1 Å². The summed E-state index contributed by atoms with van der Waals surface area (Å²) in [4.78, 5) is 25.1. The lowest BCUT2D eigenvalue weighted by Gasteiger charge is -2.21. The SMILES string of the molecule is CC(C)C[C@H](NC(=O)COC(=O)c1sccc1-n1cnnn1)c1ccccc1. The van der Waals surface area contributed by atoms with Gasteiger partial charge in [-0.05, 0) is 39.8 Å². The molecular weight excluding hydrogens is 378 g/mol. The van der Waals surface area contributed by atoms with Crippen molar-refractivity contribution < 1.29 is 14.3 Å². The minimum absolute atomic E-state index is 0.133. The van der Waals surface area contributed by atoms with Crippen molar-refractivity contribution in [1.29, 1.82) is 0 Å². The number of thiophene rings is 1. The highest BCUT2D eigenvalue weighted by atomic mass is 32.1. The predicted molar refractivity (Wildman–Crippen MR) is 104 cm³/mol. The number of nitrogens with one attached hydrogen (secondary N) is 1. The first-order valence-electron chi connectivity index (χ1n) is 8.87. The molecule has 1 atom stereocenters. The molecule has 3 aromatic rings. The summed E-state index contributed by atoms with van der Waals surface area (Å²) in [5, 5.41) is 15.6. The van der Waals surface area contributed by atoms with Gasteiger partial charge in [0.25, 0.3) is 5.91 Å². The fourth-order valence-corrected chi connectivity index (χ4v) is 3.55. The standard InChI is InChI=1S/C19H21N5O3S/c1-13(2)10-15(14-6-4-3-5-7-14)21-17(25)11-27-19(26)18-16(8-9-28-18)24-12-20-22-23-24/h3-9,12-13,15H,10-11H2,1-2H3,(H,21,25)/t15-/m0/s1. The number of nitrogens with zero attached hydrogens (tertiary/aromatic N) is 4. The van der Waals surface area contributed by atoms with E-state index in [-0.39, 0.29) is 18.6 Å². The Morgan fingerprint density at radius 3 is 2.68 bits per heavy atom. The van der Waals surface area contributed by atoms with Gasteiger partial charge < -0.3 is 10.1 Å². The third kappa shape index (κ3) is 5.01. The monoisotopic (exact) mass is 399 g/mol. The van der Waals surface area contributed by atoms with Crippen molar-refractivity contribution in [2.75, 3.05) is 6.61 Å². The van der Waals surface area contributed by atoms with Gasteiger partial charge in [-0.1, -0.05) is 44.2 Å². The molecule has 0 saturated carbocycles. The molecule has 0 spiro atoms. The molecule has 0 saturated heterocycles. The summed E-state index contributed by atoms with van der Waals surface area (Å²) >= 11 is 1.20. The Labute approximate surface area is 166 Å². The van der Waals surface area contributed by atoms with Crippen LogP contribution in [0.3, 0.4) is 0 Å². The summed E-state index contributed by atoms with van der Waals surface area (Å²) < 4.78 is 6.58. The van der Waals surface area contributed by atoms with Crippen molar-refractivity contribution in [2.45, 2.75) is 26.3 Å². The Morgan fingerprint density at radius 1 is 1.21 bits per heavy atom. The average molecular weight is 399 g/mol. The van der Waals surface area contributed by atoms with Crippen LogP contribution in [0.4, 0.5) is 0 Å². The van der Waals surface area contributed by atoms with E-state index in [1.54, 1.807) is 11.4 Å². The zero-order valence-electron chi connectivity index (χ0n) is 15.6. The van der Waals surface area contributed by atoms with Crippen LogP contribution in [-0.2, 0) is 9.53 Å². The summed E-state index contributed by atoms with van der Waals surface area (Å²) in [6.07, 6.45) is 2.18. The van der Waals surface area contributed by atoms with Gasteiger partial charge >= 0.3 is 5.97 Å². The lowest BCUT2D eigenvalue weighted by Crippen LogP contribution is -2.33. The summed E-state index contributed by atoms with van der Waals surface area (Å²) in [7, 11) is 0. The summed E-state index contributed by atoms with van der Waals surface area (Å²) in [5.74, 6) is -0.530. The first-order valence-corrected chi connectivity index (χ1v) is 9.75. The number of carbonyl (C=O) groups excluding carboxylic acids is 2. The zero-order chi connectivity index (χ0) is 19.9. The molecule has 9 heteroatoms. The maximum Gasteiger partial charge on any atom is 0.351 e. The molecule has 3 rings (SSSR count). The number of tetrazole rings is 1. The van der Waals surface area contributed by atoms with E-state index in [2.05, 4.69) is 34.7 Å². The Morgan fingerprint density at radius 2 is 2.00 bits per heavy atom. The minimum Gasteiger partial charge on any atom is -0.451 e. The normalized spacial score (nSPS) is 12.0. The third-order valence-electron chi connectivity index (χ3n) is 4.00. The molecule has 0 aliphatic rings. The number of rotatable bonds is 8. The summed E-state index contributed by atoms with van der Waals surface area (Å²) in [6, 6.07) is 11.3. The maximum atomic E-state index is 12.4. The molecule has 0 aliphatic carbocycles. The van der Waals surface area contributed by atoms with Gasteiger partial charge in [0.1, 0.15) is 11.2 Å². The topological polar surface area (TPSA) is 99.0 Å². The lowest BCUT2D eigenvalue weighted by molar-refractivity contribution is -0.125. The number of aromatic nitrogens is 4. The van der Waals surface area contributed by atoms with E-state index in [9.17, 15) is 9.59 Å². The average Bonchev–Trinajstić information content (AvgIpc) is 3.37. The van der Waals surface area contributed by atoms with E-state index >= 15 is 0 Å². The molecule has 1 aromatic carbocycles. The molecule has 8 nitrogen and oxygen atoms in total. The maximum absolute atomic E-state index is 12.4. The fourth-order valence-electron chi connectivity index (χ4n) is 2.78. The molecule has 0 radical (unpaired) electrons. The number of esters is 1. The van der Waals surface area contributed by atoms with Crippen LogP contribution in [0.1, 0.15) is 41.5 Å². The van der Waals surface area contributed by atoms with Crippen molar-refractivity contribution in [1.82, 2.24) is 25.5 Å². The number of carbonyl (C=O) groups is 2. The molecule has 0 fully saturated rings. The van der Waals surface area contributed by atoms with Crippen LogP contribution in [0.25, 0.3) is 5.69 Å². The van der Waals surface area contributed by atoms with Crippen molar-refractivity contribution in [3.8, 4) is 5.69 Å². The van der Waals surface area contributed by atoms with Gasteiger partial charge in [0.15, 0.2) is 6.61 Å². The fraction of sp³-hybridized carbons (Fsp3) is 0.316. The van der Waals surface area contributed by atoms with Gasteiger partial charge in [0.2, 0.25) is 0 Å². The van der Waals surface area contributed by atoms with E-state index < -0.39 is 5.97 Å². The van der Waals surface area contributed by atoms with Gasteiger partial charge in [-0.2, -0.15) is 4.68 Å². The van der Waals surface area contributed by atoms with E-state index in [1.807, 2.05) is 30.3 Å². The number of benzene rings is 1.